The van der Waals surface area contributed by atoms with Crippen molar-refractivity contribution in [3.8, 4) is 11.4 Å². The average Bonchev–Trinajstić information content (AvgIpc) is 2.68. The maximum Gasteiger partial charge on any atom is 0.251 e. The van der Waals surface area contributed by atoms with Gasteiger partial charge in [-0.25, -0.2) is 9.37 Å². The van der Waals surface area contributed by atoms with Crippen LogP contribution >= 0.6 is 15.9 Å². The summed E-state index contributed by atoms with van der Waals surface area (Å²) in [6.07, 6.45) is 3.31. The molecule has 1 aromatic heterocycles. The second-order valence-electron chi connectivity index (χ2n) is 6.01. The van der Waals surface area contributed by atoms with Gasteiger partial charge >= 0.3 is 0 Å². The summed E-state index contributed by atoms with van der Waals surface area (Å²) in [6, 6.07) is 12.9. The fourth-order valence-corrected chi connectivity index (χ4v) is 2.94. The summed E-state index contributed by atoms with van der Waals surface area (Å²) < 4.78 is 14.5. The van der Waals surface area contributed by atoms with Crippen molar-refractivity contribution >= 4 is 33.6 Å². The molecule has 0 radical (unpaired) electrons. The number of nitrogens with zero attached hydrogens (tertiary/aromatic N) is 1. The van der Waals surface area contributed by atoms with E-state index in [1.165, 1.54) is 24.3 Å². The van der Waals surface area contributed by atoms with Gasteiger partial charge in [0.05, 0.1) is 0 Å². The molecule has 142 valence electrons. The van der Waals surface area contributed by atoms with Gasteiger partial charge in [0.25, 0.3) is 5.56 Å². The summed E-state index contributed by atoms with van der Waals surface area (Å²) in [4.78, 5) is 31.1. The molecule has 1 heterocycles. The summed E-state index contributed by atoms with van der Waals surface area (Å²) in [5, 5.41) is 2.72. The van der Waals surface area contributed by atoms with Crippen molar-refractivity contribution in [2.45, 2.75) is 13.3 Å². The fourth-order valence-electron chi connectivity index (χ4n) is 2.56. The molecule has 0 fully saturated rings. The molecule has 0 unspecified atom stereocenters. The standard InChI is InChI=1S/C21H17BrFN3O2/c1-2-16-12-20(28)26-21(25-16)14-4-3-5-17(11-14)24-19(27)9-6-13-10-15(22)7-8-18(13)23/h3-12H,2H2,1H3,(H,24,27)(H,25,26,28). The lowest BCUT2D eigenvalue weighted by atomic mass is 10.1. The van der Waals surface area contributed by atoms with E-state index in [9.17, 15) is 14.0 Å². The first-order valence-electron chi connectivity index (χ1n) is 8.59. The summed E-state index contributed by atoms with van der Waals surface area (Å²) >= 11 is 3.27. The third kappa shape index (κ3) is 5.01. The van der Waals surface area contributed by atoms with E-state index < -0.39 is 11.7 Å². The number of nitrogens with one attached hydrogen (secondary N) is 2. The Balaban J connectivity index is 1.78. The maximum absolute atomic E-state index is 13.7. The lowest BCUT2D eigenvalue weighted by Gasteiger charge is -2.07. The van der Waals surface area contributed by atoms with Crippen LogP contribution in [0.1, 0.15) is 18.2 Å². The quantitative estimate of drug-likeness (QED) is 0.570. The minimum Gasteiger partial charge on any atom is -0.322 e. The Morgan fingerprint density at radius 1 is 1.25 bits per heavy atom. The number of H-pyrrole nitrogens is 1. The molecule has 5 nitrogen and oxygen atoms in total. The van der Waals surface area contributed by atoms with E-state index in [1.54, 1.807) is 36.4 Å². The van der Waals surface area contributed by atoms with Crippen LogP contribution in [0.2, 0.25) is 0 Å². The molecule has 7 heteroatoms. The lowest BCUT2D eigenvalue weighted by Crippen LogP contribution is -2.10. The first kappa shape index (κ1) is 19.7. The highest BCUT2D eigenvalue weighted by atomic mass is 79.9. The summed E-state index contributed by atoms with van der Waals surface area (Å²) in [5.74, 6) is -0.382. The Kier molecular flexibility index (Phi) is 6.16. The number of aromatic nitrogens is 2. The number of aromatic amines is 1. The van der Waals surface area contributed by atoms with E-state index in [2.05, 4.69) is 31.2 Å². The second-order valence-corrected chi connectivity index (χ2v) is 6.92. The van der Waals surface area contributed by atoms with Crippen LogP contribution in [0.25, 0.3) is 17.5 Å². The van der Waals surface area contributed by atoms with Gasteiger partial charge in [-0.2, -0.15) is 0 Å². The van der Waals surface area contributed by atoms with Crippen LogP contribution in [0.3, 0.4) is 0 Å². The van der Waals surface area contributed by atoms with E-state index in [0.717, 1.165) is 4.47 Å². The molecule has 0 atom stereocenters. The summed E-state index contributed by atoms with van der Waals surface area (Å²) in [5.41, 5.74) is 1.97. The fraction of sp³-hybridized carbons (Fsp3) is 0.0952. The number of rotatable bonds is 5. The van der Waals surface area contributed by atoms with E-state index >= 15 is 0 Å². The van der Waals surface area contributed by atoms with Gasteiger partial charge in [-0.15, -0.1) is 0 Å². The van der Waals surface area contributed by atoms with Gasteiger partial charge in [0.15, 0.2) is 0 Å². The molecule has 0 aliphatic carbocycles. The number of hydrogen-bond donors (Lipinski definition) is 2. The third-order valence-electron chi connectivity index (χ3n) is 3.93. The van der Waals surface area contributed by atoms with E-state index in [1.807, 2.05) is 6.92 Å². The molecule has 28 heavy (non-hydrogen) atoms. The molecule has 0 spiro atoms. The van der Waals surface area contributed by atoms with Crippen molar-refractivity contribution in [2.75, 3.05) is 5.32 Å². The predicted octanol–water partition coefficient (Wildman–Crippen LogP) is 4.55. The zero-order chi connectivity index (χ0) is 20.1. The zero-order valence-electron chi connectivity index (χ0n) is 15.0. The molecule has 1 amide bonds. The molecule has 3 aromatic rings. The highest BCUT2D eigenvalue weighted by Gasteiger charge is 2.06. The number of carbonyl (C=O) groups excluding carboxylic acids is 1. The van der Waals surface area contributed by atoms with Gasteiger partial charge in [-0.1, -0.05) is 35.0 Å². The first-order valence-corrected chi connectivity index (χ1v) is 9.38. The van der Waals surface area contributed by atoms with E-state index in [4.69, 9.17) is 0 Å². The van der Waals surface area contributed by atoms with Crippen LogP contribution < -0.4 is 10.9 Å². The molecule has 3 rings (SSSR count). The van der Waals surface area contributed by atoms with Crippen LogP contribution in [0.15, 0.2) is 63.9 Å². The van der Waals surface area contributed by atoms with Crippen molar-refractivity contribution in [3.05, 3.63) is 86.5 Å². The summed E-state index contributed by atoms with van der Waals surface area (Å²) in [6.45, 7) is 1.92. The highest BCUT2D eigenvalue weighted by Crippen LogP contribution is 2.20. The van der Waals surface area contributed by atoms with Crippen LogP contribution in [0.4, 0.5) is 10.1 Å². The van der Waals surface area contributed by atoms with Gasteiger partial charge < -0.3 is 10.3 Å². The van der Waals surface area contributed by atoms with Crippen molar-refractivity contribution in [3.63, 3.8) is 0 Å². The molecular weight excluding hydrogens is 425 g/mol. The van der Waals surface area contributed by atoms with Gasteiger partial charge in [-0.3, -0.25) is 9.59 Å². The van der Waals surface area contributed by atoms with Crippen molar-refractivity contribution in [2.24, 2.45) is 0 Å². The molecular formula is C21H17BrFN3O2. The Morgan fingerprint density at radius 3 is 2.86 bits per heavy atom. The van der Waals surface area contributed by atoms with Crippen molar-refractivity contribution in [1.29, 1.82) is 0 Å². The number of hydrogen-bond acceptors (Lipinski definition) is 3. The topological polar surface area (TPSA) is 74.8 Å². The summed E-state index contributed by atoms with van der Waals surface area (Å²) in [7, 11) is 0. The maximum atomic E-state index is 13.7. The number of carbonyl (C=O) groups is 1. The molecule has 0 aliphatic rings. The minimum absolute atomic E-state index is 0.227. The Bertz CT molecular complexity index is 1110. The van der Waals surface area contributed by atoms with Crippen LogP contribution in [0, 0.1) is 5.82 Å². The molecule has 0 bridgehead atoms. The van der Waals surface area contributed by atoms with Crippen LogP contribution in [-0.4, -0.2) is 15.9 Å². The SMILES string of the molecule is CCc1cc(=O)[nH]c(-c2cccc(NC(=O)C=Cc3cc(Br)ccc3F)c2)n1. The van der Waals surface area contributed by atoms with Crippen LogP contribution in [0.5, 0.6) is 0 Å². The van der Waals surface area contributed by atoms with E-state index in [0.29, 0.717) is 34.8 Å². The van der Waals surface area contributed by atoms with E-state index in [-0.39, 0.29) is 5.56 Å². The number of aryl methyl sites for hydroxylation is 1. The molecule has 0 saturated carbocycles. The number of anilines is 1. The minimum atomic E-state index is -0.417. The Hall–Kier alpha value is -3.06. The monoisotopic (exact) mass is 441 g/mol. The van der Waals surface area contributed by atoms with Gasteiger partial charge in [0, 0.05) is 39.1 Å². The van der Waals surface area contributed by atoms with Gasteiger partial charge in [0.2, 0.25) is 5.91 Å². The molecule has 0 saturated heterocycles. The van der Waals surface area contributed by atoms with Gasteiger partial charge in [0.1, 0.15) is 11.6 Å². The smallest absolute Gasteiger partial charge is 0.251 e. The first-order chi connectivity index (χ1) is 13.4. The lowest BCUT2D eigenvalue weighted by molar-refractivity contribution is -0.111. The number of halogens is 2. The number of amides is 1. The second kappa shape index (κ2) is 8.75. The van der Waals surface area contributed by atoms with Crippen molar-refractivity contribution < 1.29 is 9.18 Å². The molecule has 0 aliphatic heterocycles. The van der Waals surface area contributed by atoms with Crippen molar-refractivity contribution in [1.82, 2.24) is 9.97 Å². The number of benzene rings is 2. The average molecular weight is 442 g/mol. The Morgan fingerprint density at radius 2 is 2.07 bits per heavy atom. The third-order valence-corrected chi connectivity index (χ3v) is 4.43. The highest BCUT2D eigenvalue weighted by molar-refractivity contribution is 9.10. The molecule has 2 aromatic carbocycles. The normalized spacial score (nSPS) is 11.0. The predicted molar refractivity (Wildman–Crippen MR) is 111 cm³/mol. The van der Waals surface area contributed by atoms with Gasteiger partial charge in [-0.05, 0) is 42.8 Å². The Labute approximate surface area is 169 Å². The largest absolute Gasteiger partial charge is 0.322 e. The zero-order valence-corrected chi connectivity index (χ0v) is 16.6. The molecule has 2 N–H and O–H groups in total. The van der Waals surface area contributed by atoms with Crippen LogP contribution in [-0.2, 0) is 11.2 Å².